The van der Waals surface area contributed by atoms with Gasteiger partial charge in [-0.1, -0.05) is 26.0 Å². The maximum atomic E-state index is 12.9. The van der Waals surface area contributed by atoms with Crippen molar-refractivity contribution in [3.8, 4) is 10.4 Å². The van der Waals surface area contributed by atoms with Gasteiger partial charge < -0.3 is 15.3 Å². The average molecular weight is 466 g/mol. The second kappa shape index (κ2) is 9.93. The highest BCUT2D eigenvalue weighted by atomic mass is 32.1. The van der Waals surface area contributed by atoms with Gasteiger partial charge >= 0.3 is 6.18 Å². The zero-order chi connectivity index (χ0) is 23.4. The van der Waals surface area contributed by atoms with E-state index in [9.17, 15) is 18.3 Å². The lowest BCUT2D eigenvalue weighted by atomic mass is 10.0. The molecule has 0 aliphatic heterocycles. The van der Waals surface area contributed by atoms with Crippen LogP contribution < -0.4 is 5.32 Å². The van der Waals surface area contributed by atoms with Crippen LogP contribution in [0.5, 0.6) is 0 Å². The number of anilines is 2. The van der Waals surface area contributed by atoms with Crippen LogP contribution in [0.4, 0.5) is 24.8 Å². The van der Waals surface area contributed by atoms with Gasteiger partial charge in [0.15, 0.2) is 0 Å². The molecule has 0 aliphatic rings. The molecule has 3 rings (SSSR count). The molecule has 10 heteroatoms. The van der Waals surface area contributed by atoms with Crippen LogP contribution in [0.15, 0.2) is 42.7 Å². The minimum absolute atomic E-state index is 0.138. The third-order valence-corrected chi connectivity index (χ3v) is 6.42. The Labute approximate surface area is 189 Å². The summed E-state index contributed by atoms with van der Waals surface area (Å²) < 4.78 is 38.7. The smallest absolute Gasteiger partial charge is 0.383 e. The Balaban J connectivity index is 1.76. The Morgan fingerprint density at radius 3 is 2.56 bits per heavy atom. The summed E-state index contributed by atoms with van der Waals surface area (Å²) in [5.74, 6) is -0.138. The third kappa shape index (κ3) is 6.02. The predicted octanol–water partition coefficient (Wildman–Crippen LogP) is 5.30. The van der Waals surface area contributed by atoms with Crippen LogP contribution in [0.1, 0.15) is 37.9 Å². The summed E-state index contributed by atoms with van der Waals surface area (Å²) in [6, 6.07) is 7.98. The first-order valence-corrected chi connectivity index (χ1v) is 11.1. The number of alkyl halides is 3. The summed E-state index contributed by atoms with van der Waals surface area (Å²) in [6.45, 7) is 8.56. The third-order valence-electron chi connectivity index (χ3n) is 5.12. The van der Waals surface area contributed by atoms with E-state index in [0.717, 1.165) is 42.3 Å². The van der Waals surface area contributed by atoms with Gasteiger partial charge in [0.1, 0.15) is 16.3 Å². The van der Waals surface area contributed by atoms with Gasteiger partial charge in [-0.15, -0.1) is 11.3 Å². The number of nitrogens with zero attached hydrogens (tertiary/aromatic N) is 4. The first kappa shape index (κ1) is 24.1. The minimum Gasteiger partial charge on any atom is -0.383 e. The fourth-order valence-electron chi connectivity index (χ4n) is 3.14. The first-order chi connectivity index (χ1) is 15.1. The quantitative estimate of drug-likeness (QED) is 0.447. The molecule has 1 unspecified atom stereocenters. The standard InChI is InChI=1S/C22H26F3N5OS/c1-4-30(5-2)12-10-21(3,31)19-27-14-17(32-19)15-7-6-8-16(13-15)28-20-26-11-9-18(29-20)22(23,24)25/h6-9,11,13-14,31H,4-5,10,12H2,1-3H3,(H,26,28,29). The Morgan fingerprint density at radius 1 is 1.12 bits per heavy atom. The zero-order valence-corrected chi connectivity index (χ0v) is 19.0. The van der Waals surface area contributed by atoms with Crippen molar-refractivity contribution in [1.29, 1.82) is 0 Å². The van der Waals surface area contributed by atoms with Crippen molar-refractivity contribution in [2.24, 2.45) is 0 Å². The van der Waals surface area contributed by atoms with Crippen LogP contribution in [-0.4, -0.2) is 44.6 Å². The Bertz CT molecular complexity index is 1030. The molecule has 0 bridgehead atoms. The number of benzene rings is 1. The lowest BCUT2D eigenvalue weighted by Gasteiger charge is -2.25. The van der Waals surface area contributed by atoms with Gasteiger partial charge in [0.2, 0.25) is 5.95 Å². The number of hydrogen-bond acceptors (Lipinski definition) is 7. The fourth-order valence-corrected chi connectivity index (χ4v) is 4.12. The predicted molar refractivity (Wildman–Crippen MR) is 120 cm³/mol. The summed E-state index contributed by atoms with van der Waals surface area (Å²) in [4.78, 5) is 14.9. The van der Waals surface area contributed by atoms with E-state index < -0.39 is 17.5 Å². The van der Waals surface area contributed by atoms with E-state index in [1.54, 1.807) is 31.3 Å². The Morgan fingerprint density at radius 2 is 1.88 bits per heavy atom. The highest BCUT2D eigenvalue weighted by Gasteiger charge is 2.32. The zero-order valence-electron chi connectivity index (χ0n) is 18.1. The molecule has 2 heterocycles. The SMILES string of the molecule is CCN(CC)CCC(C)(O)c1ncc(-c2cccc(Nc3nccc(C(F)(F)F)n3)c2)s1. The average Bonchev–Trinajstić information content (AvgIpc) is 3.26. The summed E-state index contributed by atoms with van der Waals surface area (Å²) in [6.07, 6.45) is -1.21. The minimum atomic E-state index is -4.54. The van der Waals surface area contributed by atoms with Gasteiger partial charge in [0, 0.05) is 24.6 Å². The normalized spacial score (nSPS) is 13.9. The molecule has 2 aromatic heterocycles. The lowest BCUT2D eigenvalue weighted by Crippen LogP contribution is -2.31. The van der Waals surface area contributed by atoms with Crippen molar-refractivity contribution in [2.75, 3.05) is 25.0 Å². The monoisotopic (exact) mass is 465 g/mol. The number of thiazole rings is 1. The van der Waals surface area contributed by atoms with E-state index in [-0.39, 0.29) is 5.95 Å². The van der Waals surface area contributed by atoms with Crippen molar-refractivity contribution in [3.63, 3.8) is 0 Å². The molecule has 3 aromatic rings. The van der Waals surface area contributed by atoms with Crippen LogP contribution in [0.25, 0.3) is 10.4 Å². The number of halogens is 3. The van der Waals surface area contributed by atoms with Gasteiger partial charge in [-0.25, -0.2) is 15.0 Å². The first-order valence-electron chi connectivity index (χ1n) is 10.3. The molecular weight excluding hydrogens is 439 g/mol. The largest absolute Gasteiger partial charge is 0.433 e. The molecule has 0 amide bonds. The van der Waals surface area contributed by atoms with E-state index in [1.165, 1.54) is 11.3 Å². The molecule has 1 atom stereocenters. The summed E-state index contributed by atoms with van der Waals surface area (Å²) in [5.41, 5.74) is -0.687. The highest BCUT2D eigenvalue weighted by molar-refractivity contribution is 7.15. The molecule has 0 radical (unpaired) electrons. The van der Waals surface area contributed by atoms with Crippen LogP contribution in [0, 0.1) is 0 Å². The molecule has 0 spiro atoms. The van der Waals surface area contributed by atoms with Crippen molar-refractivity contribution < 1.29 is 18.3 Å². The van der Waals surface area contributed by atoms with Crippen LogP contribution in [-0.2, 0) is 11.8 Å². The Kier molecular flexibility index (Phi) is 7.47. The van der Waals surface area contributed by atoms with Crippen molar-refractivity contribution >= 4 is 23.0 Å². The van der Waals surface area contributed by atoms with E-state index in [0.29, 0.717) is 17.1 Å². The molecule has 0 fully saturated rings. The van der Waals surface area contributed by atoms with Crippen molar-refractivity contribution in [3.05, 3.63) is 53.4 Å². The molecule has 0 saturated carbocycles. The summed E-state index contributed by atoms with van der Waals surface area (Å²) in [7, 11) is 0. The number of nitrogens with one attached hydrogen (secondary N) is 1. The second-order valence-corrected chi connectivity index (χ2v) is 8.58. The van der Waals surface area contributed by atoms with Gasteiger partial charge in [-0.05, 0) is 50.2 Å². The van der Waals surface area contributed by atoms with E-state index in [1.807, 2.05) is 6.07 Å². The Hall–Kier alpha value is -2.56. The number of aliphatic hydroxyl groups is 1. The summed E-state index contributed by atoms with van der Waals surface area (Å²) in [5, 5.41) is 14.4. The number of rotatable bonds is 9. The van der Waals surface area contributed by atoms with Gasteiger partial charge in [0.25, 0.3) is 0 Å². The molecule has 0 aliphatic carbocycles. The highest BCUT2D eigenvalue weighted by Crippen LogP contribution is 2.35. The molecule has 32 heavy (non-hydrogen) atoms. The maximum absolute atomic E-state index is 12.9. The number of hydrogen-bond donors (Lipinski definition) is 2. The molecular formula is C22H26F3N5OS. The van der Waals surface area contributed by atoms with Crippen molar-refractivity contribution in [2.45, 2.75) is 39.0 Å². The van der Waals surface area contributed by atoms with Crippen LogP contribution >= 0.6 is 11.3 Å². The molecule has 6 nitrogen and oxygen atoms in total. The van der Waals surface area contributed by atoms with Crippen molar-refractivity contribution in [1.82, 2.24) is 19.9 Å². The molecule has 172 valence electrons. The maximum Gasteiger partial charge on any atom is 0.433 e. The van der Waals surface area contributed by atoms with Gasteiger partial charge in [-0.3, -0.25) is 0 Å². The topological polar surface area (TPSA) is 74.2 Å². The van der Waals surface area contributed by atoms with E-state index in [4.69, 9.17) is 0 Å². The van der Waals surface area contributed by atoms with Crippen LogP contribution in [0.2, 0.25) is 0 Å². The second-order valence-electron chi connectivity index (χ2n) is 7.55. The van der Waals surface area contributed by atoms with E-state index >= 15 is 0 Å². The molecule has 2 N–H and O–H groups in total. The van der Waals surface area contributed by atoms with E-state index in [2.05, 4.69) is 39.0 Å². The van der Waals surface area contributed by atoms with Crippen LogP contribution in [0.3, 0.4) is 0 Å². The number of aromatic nitrogens is 3. The molecule has 1 aromatic carbocycles. The van der Waals surface area contributed by atoms with Gasteiger partial charge in [-0.2, -0.15) is 13.2 Å². The van der Waals surface area contributed by atoms with Gasteiger partial charge in [0.05, 0.1) is 4.88 Å². The lowest BCUT2D eigenvalue weighted by molar-refractivity contribution is -0.141. The molecule has 0 saturated heterocycles. The summed E-state index contributed by atoms with van der Waals surface area (Å²) >= 11 is 1.39. The fraction of sp³-hybridized carbons (Fsp3) is 0.409.